The summed E-state index contributed by atoms with van der Waals surface area (Å²) in [5.74, 6) is 1.95. The van der Waals surface area contributed by atoms with E-state index in [9.17, 15) is 0 Å². The fraction of sp³-hybridized carbons (Fsp3) is 0.467. The van der Waals surface area contributed by atoms with Crippen LogP contribution in [0.2, 0.25) is 0 Å². The number of hydrogen-bond donors (Lipinski definition) is 0. The Bertz CT molecular complexity index is 723. The van der Waals surface area contributed by atoms with Gasteiger partial charge in [0.25, 0.3) is 0 Å². The predicted octanol–water partition coefficient (Wildman–Crippen LogP) is 2.30. The van der Waals surface area contributed by atoms with Crippen molar-refractivity contribution in [3.05, 3.63) is 35.4 Å². The van der Waals surface area contributed by atoms with Crippen molar-refractivity contribution in [1.82, 2.24) is 29.8 Å². The van der Waals surface area contributed by atoms with Crippen molar-refractivity contribution in [1.29, 1.82) is 0 Å². The molecule has 0 radical (unpaired) electrons. The monoisotopic (exact) mass is 330 g/mol. The number of aromatic nitrogens is 5. The molecule has 1 unspecified atom stereocenters. The molecule has 8 heteroatoms. The van der Waals surface area contributed by atoms with Crippen LogP contribution in [0.3, 0.4) is 0 Å². The summed E-state index contributed by atoms with van der Waals surface area (Å²) >= 11 is 1.64. The average Bonchev–Trinajstić information content (AvgIpc) is 3.30. The summed E-state index contributed by atoms with van der Waals surface area (Å²) in [6.45, 7) is 3.73. The first-order chi connectivity index (χ1) is 11.4. The Balaban J connectivity index is 1.37. The maximum atomic E-state index is 5.41. The molecule has 0 saturated carbocycles. The van der Waals surface area contributed by atoms with Gasteiger partial charge in [-0.05, 0) is 36.8 Å². The summed E-state index contributed by atoms with van der Waals surface area (Å²) in [5, 5.41) is 12.3. The summed E-state index contributed by atoms with van der Waals surface area (Å²) < 4.78 is 7.32. The van der Waals surface area contributed by atoms with Gasteiger partial charge < -0.3 is 4.52 Å². The van der Waals surface area contributed by atoms with E-state index < -0.39 is 0 Å². The predicted molar refractivity (Wildman–Crippen MR) is 85.6 cm³/mol. The molecule has 3 aromatic rings. The number of likely N-dealkylation sites (tertiary alicyclic amines) is 1. The fourth-order valence-electron chi connectivity index (χ4n) is 3.05. The van der Waals surface area contributed by atoms with E-state index in [2.05, 4.69) is 25.1 Å². The first kappa shape index (κ1) is 14.5. The number of hydrogen-bond acceptors (Lipinski definition) is 7. The molecule has 1 aliphatic rings. The van der Waals surface area contributed by atoms with E-state index in [4.69, 9.17) is 4.52 Å². The van der Waals surface area contributed by atoms with Crippen LogP contribution in [0.1, 0.15) is 18.7 Å². The molecule has 1 atom stereocenters. The molecule has 0 spiro atoms. The van der Waals surface area contributed by atoms with Gasteiger partial charge in [0.15, 0.2) is 0 Å². The molecule has 0 bridgehead atoms. The van der Waals surface area contributed by atoms with Crippen LogP contribution in [0.5, 0.6) is 0 Å². The first-order valence-electron chi connectivity index (χ1n) is 7.77. The van der Waals surface area contributed by atoms with Gasteiger partial charge in [0.2, 0.25) is 11.7 Å². The van der Waals surface area contributed by atoms with E-state index in [0.29, 0.717) is 24.2 Å². The van der Waals surface area contributed by atoms with Crippen molar-refractivity contribution < 1.29 is 4.52 Å². The van der Waals surface area contributed by atoms with E-state index in [1.807, 2.05) is 21.5 Å². The normalized spacial score (nSPS) is 19.2. The standard InChI is InChI=1S/C15H18N6OS/c1-2-12(7-21-11-16-10-17-21)6-20(4-1)8-14-18-15(19-22-14)13-3-5-23-9-13/h3,5,9-12H,1-2,4,6-8H2. The molecule has 120 valence electrons. The summed E-state index contributed by atoms with van der Waals surface area (Å²) in [7, 11) is 0. The van der Waals surface area contributed by atoms with Crippen LogP contribution in [0, 0.1) is 5.92 Å². The largest absolute Gasteiger partial charge is 0.338 e. The highest BCUT2D eigenvalue weighted by Crippen LogP contribution is 2.22. The lowest BCUT2D eigenvalue weighted by Crippen LogP contribution is -2.36. The highest BCUT2D eigenvalue weighted by molar-refractivity contribution is 7.08. The second-order valence-electron chi connectivity index (χ2n) is 5.88. The lowest BCUT2D eigenvalue weighted by atomic mass is 9.98. The molecule has 1 aliphatic heterocycles. The third-order valence-corrected chi connectivity index (χ3v) is 4.80. The van der Waals surface area contributed by atoms with Crippen molar-refractivity contribution in [2.24, 2.45) is 5.92 Å². The highest BCUT2D eigenvalue weighted by atomic mass is 32.1. The quantitative estimate of drug-likeness (QED) is 0.715. The Labute approximate surface area is 138 Å². The number of thiophene rings is 1. The lowest BCUT2D eigenvalue weighted by molar-refractivity contribution is 0.138. The van der Waals surface area contributed by atoms with Crippen LogP contribution in [-0.2, 0) is 13.1 Å². The molecule has 1 fully saturated rings. The Kier molecular flexibility index (Phi) is 4.16. The average molecular weight is 330 g/mol. The minimum Gasteiger partial charge on any atom is -0.338 e. The summed E-state index contributed by atoms with van der Waals surface area (Å²) in [4.78, 5) is 10.9. The van der Waals surface area contributed by atoms with Crippen LogP contribution >= 0.6 is 11.3 Å². The van der Waals surface area contributed by atoms with Gasteiger partial charge in [-0.25, -0.2) is 4.98 Å². The third kappa shape index (κ3) is 3.48. The van der Waals surface area contributed by atoms with Crippen molar-refractivity contribution in [3.63, 3.8) is 0 Å². The van der Waals surface area contributed by atoms with E-state index in [1.165, 1.54) is 12.8 Å². The van der Waals surface area contributed by atoms with Crippen LogP contribution in [0.4, 0.5) is 0 Å². The Morgan fingerprint density at radius 1 is 1.39 bits per heavy atom. The van der Waals surface area contributed by atoms with Crippen LogP contribution in [-0.4, -0.2) is 42.9 Å². The molecule has 4 rings (SSSR count). The van der Waals surface area contributed by atoms with Crippen LogP contribution in [0.15, 0.2) is 34.0 Å². The van der Waals surface area contributed by atoms with E-state index in [-0.39, 0.29) is 0 Å². The summed E-state index contributed by atoms with van der Waals surface area (Å²) in [6.07, 6.45) is 5.78. The molecule has 0 amide bonds. The molecule has 0 N–H and O–H groups in total. The molecule has 23 heavy (non-hydrogen) atoms. The van der Waals surface area contributed by atoms with Crippen molar-refractivity contribution in [2.75, 3.05) is 13.1 Å². The van der Waals surface area contributed by atoms with Crippen molar-refractivity contribution in [3.8, 4) is 11.4 Å². The van der Waals surface area contributed by atoms with E-state index >= 15 is 0 Å². The zero-order valence-corrected chi connectivity index (χ0v) is 13.5. The fourth-order valence-corrected chi connectivity index (χ4v) is 3.69. The lowest BCUT2D eigenvalue weighted by Gasteiger charge is -2.31. The maximum absolute atomic E-state index is 5.41. The van der Waals surface area contributed by atoms with Gasteiger partial charge >= 0.3 is 0 Å². The smallest absolute Gasteiger partial charge is 0.241 e. The molecular formula is C15H18N6OS. The molecular weight excluding hydrogens is 312 g/mol. The minimum absolute atomic E-state index is 0.588. The second-order valence-corrected chi connectivity index (χ2v) is 6.66. The Morgan fingerprint density at radius 2 is 2.39 bits per heavy atom. The van der Waals surface area contributed by atoms with E-state index in [0.717, 1.165) is 25.2 Å². The number of rotatable bonds is 5. The molecule has 7 nitrogen and oxygen atoms in total. The summed E-state index contributed by atoms with van der Waals surface area (Å²) in [5.41, 5.74) is 1.02. The molecule has 3 aromatic heterocycles. The van der Waals surface area contributed by atoms with Crippen LogP contribution in [0.25, 0.3) is 11.4 Å². The van der Waals surface area contributed by atoms with Gasteiger partial charge in [-0.15, -0.1) is 0 Å². The molecule has 0 aromatic carbocycles. The third-order valence-electron chi connectivity index (χ3n) is 4.12. The molecule has 1 saturated heterocycles. The van der Waals surface area contributed by atoms with E-state index in [1.54, 1.807) is 24.0 Å². The van der Waals surface area contributed by atoms with Gasteiger partial charge in [-0.2, -0.15) is 21.4 Å². The second kappa shape index (κ2) is 6.59. The maximum Gasteiger partial charge on any atom is 0.241 e. The summed E-state index contributed by atoms with van der Waals surface area (Å²) in [6, 6.07) is 2.01. The zero-order chi connectivity index (χ0) is 15.5. The zero-order valence-electron chi connectivity index (χ0n) is 12.7. The Hall–Kier alpha value is -2.06. The highest BCUT2D eigenvalue weighted by Gasteiger charge is 2.22. The number of piperidine rings is 1. The van der Waals surface area contributed by atoms with Crippen molar-refractivity contribution in [2.45, 2.75) is 25.9 Å². The topological polar surface area (TPSA) is 72.9 Å². The first-order valence-corrected chi connectivity index (χ1v) is 8.71. The van der Waals surface area contributed by atoms with Gasteiger partial charge in [0.05, 0.1) is 6.54 Å². The van der Waals surface area contributed by atoms with Gasteiger partial charge in [-0.3, -0.25) is 9.58 Å². The van der Waals surface area contributed by atoms with Gasteiger partial charge in [0.1, 0.15) is 12.7 Å². The van der Waals surface area contributed by atoms with Gasteiger partial charge in [-0.1, -0.05) is 5.16 Å². The molecule has 0 aliphatic carbocycles. The van der Waals surface area contributed by atoms with Crippen LogP contribution < -0.4 is 0 Å². The molecule has 4 heterocycles. The number of nitrogens with zero attached hydrogens (tertiary/aromatic N) is 6. The van der Waals surface area contributed by atoms with Gasteiger partial charge in [0, 0.05) is 24.0 Å². The van der Waals surface area contributed by atoms with Crippen molar-refractivity contribution >= 4 is 11.3 Å². The SMILES string of the molecule is c1ncn(CC2CCCN(Cc3nc(-c4ccsc4)no3)C2)n1. The minimum atomic E-state index is 0.588. The Morgan fingerprint density at radius 3 is 3.22 bits per heavy atom.